The normalized spacial score (nSPS) is 10.7. The standard InChI is InChI=1S/C17H23N3O4/c1-5-23-17(21)16-15(18-20-19-16)12-6-7-13(14(10-12)22-4)24-9-8-11(2)3/h6-7,10-11H,5,8-9H2,1-4H3,(H,18,19,20). The lowest BCUT2D eigenvalue weighted by Crippen LogP contribution is -2.07. The van der Waals surface area contributed by atoms with Crippen molar-refractivity contribution in [3.63, 3.8) is 0 Å². The van der Waals surface area contributed by atoms with Gasteiger partial charge in [0.25, 0.3) is 0 Å². The van der Waals surface area contributed by atoms with E-state index in [0.29, 0.717) is 35.3 Å². The van der Waals surface area contributed by atoms with Crippen LogP contribution < -0.4 is 9.47 Å². The molecule has 0 radical (unpaired) electrons. The van der Waals surface area contributed by atoms with Crippen molar-refractivity contribution in [2.75, 3.05) is 20.3 Å². The topological polar surface area (TPSA) is 86.3 Å². The number of rotatable bonds is 8. The van der Waals surface area contributed by atoms with E-state index in [1.807, 2.05) is 6.07 Å². The molecule has 2 rings (SSSR count). The van der Waals surface area contributed by atoms with Gasteiger partial charge < -0.3 is 14.2 Å². The van der Waals surface area contributed by atoms with Crippen molar-refractivity contribution in [3.05, 3.63) is 23.9 Å². The number of aromatic amines is 1. The second kappa shape index (κ2) is 8.33. The van der Waals surface area contributed by atoms with E-state index in [1.165, 1.54) is 0 Å². The molecule has 1 N–H and O–H groups in total. The summed E-state index contributed by atoms with van der Waals surface area (Å²) in [4.78, 5) is 11.9. The Kier molecular flexibility index (Phi) is 6.17. The maximum atomic E-state index is 11.9. The lowest BCUT2D eigenvalue weighted by molar-refractivity contribution is 0.0520. The lowest BCUT2D eigenvalue weighted by Gasteiger charge is -2.12. The molecule has 0 amide bonds. The summed E-state index contributed by atoms with van der Waals surface area (Å²) in [6.45, 7) is 6.92. The minimum absolute atomic E-state index is 0.146. The minimum Gasteiger partial charge on any atom is -0.493 e. The Morgan fingerprint density at radius 3 is 2.71 bits per heavy atom. The van der Waals surface area contributed by atoms with E-state index in [0.717, 1.165) is 6.42 Å². The molecule has 0 fully saturated rings. The second-order valence-corrected chi connectivity index (χ2v) is 5.64. The van der Waals surface area contributed by atoms with Crippen LogP contribution in [0.25, 0.3) is 11.3 Å². The molecule has 0 atom stereocenters. The summed E-state index contributed by atoms with van der Waals surface area (Å²) in [5, 5.41) is 10.4. The highest BCUT2D eigenvalue weighted by Gasteiger charge is 2.20. The molecule has 0 bridgehead atoms. The van der Waals surface area contributed by atoms with Gasteiger partial charge >= 0.3 is 5.97 Å². The third kappa shape index (κ3) is 4.24. The predicted octanol–water partition coefficient (Wildman–Crippen LogP) is 3.08. The zero-order valence-corrected chi connectivity index (χ0v) is 14.5. The molecule has 2 aromatic rings. The highest BCUT2D eigenvalue weighted by Crippen LogP contribution is 2.33. The fraction of sp³-hybridized carbons (Fsp3) is 0.471. The molecule has 1 aromatic heterocycles. The molecule has 24 heavy (non-hydrogen) atoms. The molecule has 1 heterocycles. The summed E-state index contributed by atoms with van der Waals surface area (Å²) >= 11 is 0. The van der Waals surface area contributed by atoms with Gasteiger partial charge in [-0.1, -0.05) is 13.8 Å². The third-order valence-electron chi connectivity index (χ3n) is 3.41. The Morgan fingerprint density at radius 1 is 1.25 bits per heavy atom. The molecule has 7 heteroatoms. The van der Waals surface area contributed by atoms with Gasteiger partial charge in [0.1, 0.15) is 5.69 Å². The van der Waals surface area contributed by atoms with E-state index in [-0.39, 0.29) is 12.3 Å². The Hall–Kier alpha value is -2.57. The molecule has 0 aliphatic carbocycles. The summed E-state index contributed by atoms with van der Waals surface area (Å²) in [5.41, 5.74) is 1.26. The quantitative estimate of drug-likeness (QED) is 0.747. The van der Waals surface area contributed by atoms with E-state index < -0.39 is 5.97 Å². The third-order valence-corrected chi connectivity index (χ3v) is 3.41. The van der Waals surface area contributed by atoms with Gasteiger partial charge in [-0.2, -0.15) is 10.3 Å². The number of carbonyl (C=O) groups excluding carboxylic acids is 1. The first-order chi connectivity index (χ1) is 11.6. The first-order valence-electron chi connectivity index (χ1n) is 7.95. The number of methoxy groups -OCH3 is 1. The van der Waals surface area contributed by atoms with Crippen molar-refractivity contribution < 1.29 is 19.0 Å². The monoisotopic (exact) mass is 333 g/mol. The predicted molar refractivity (Wildman–Crippen MR) is 89.3 cm³/mol. The molecule has 0 spiro atoms. The molecule has 0 aliphatic rings. The molecule has 130 valence electrons. The van der Waals surface area contributed by atoms with Crippen LogP contribution in [0.2, 0.25) is 0 Å². The SMILES string of the molecule is CCOC(=O)c1n[nH]nc1-c1ccc(OCCC(C)C)c(OC)c1. The van der Waals surface area contributed by atoms with Crippen LogP contribution in [0.3, 0.4) is 0 Å². The fourth-order valence-electron chi connectivity index (χ4n) is 2.11. The van der Waals surface area contributed by atoms with Gasteiger partial charge in [-0.15, -0.1) is 5.10 Å². The molecule has 0 saturated heterocycles. The van der Waals surface area contributed by atoms with Crippen LogP contribution in [0, 0.1) is 5.92 Å². The van der Waals surface area contributed by atoms with Gasteiger partial charge in [0, 0.05) is 5.56 Å². The van der Waals surface area contributed by atoms with Crippen molar-refractivity contribution in [1.29, 1.82) is 0 Å². The number of H-pyrrole nitrogens is 1. The first kappa shape index (κ1) is 17.8. The molecule has 0 unspecified atom stereocenters. The van der Waals surface area contributed by atoms with Gasteiger partial charge in [-0.3, -0.25) is 0 Å². The van der Waals surface area contributed by atoms with Crippen LogP contribution >= 0.6 is 0 Å². The summed E-state index contributed by atoms with van der Waals surface area (Å²) < 4.78 is 16.1. The summed E-state index contributed by atoms with van der Waals surface area (Å²) in [5.74, 6) is 1.28. The van der Waals surface area contributed by atoms with Crippen LogP contribution in [-0.4, -0.2) is 41.7 Å². The van der Waals surface area contributed by atoms with Crippen molar-refractivity contribution in [2.45, 2.75) is 27.2 Å². The minimum atomic E-state index is -0.516. The molecule has 7 nitrogen and oxygen atoms in total. The second-order valence-electron chi connectivity index (χ2n) is 5.64. The zero-order chi connectivity index (χ0) is 17.5. The highest BCUT2D eigenvalue weighted by atomic mass is 16.5. The number of benzene rings is 1. The van der Waals surface area contributed by atoms with E-state index in [4.69, 9.17) is 14.2 Å². The van der Waals surface area contributed by atoms with E-state index in [1.54, 1.807) is 26.2 Å². The van der Waals surface area contributed by atoms with Crippen LogP contribution in [-0.2, 0) is 4.74 Å². The molecular weight excluding hydrogens is 310 g/mol. The average Bonchev–Trinajstić information content (AvgIpc) is 3.04. The van der Waals surface area contributed by atoms with Crippen molar-refractivity contribution in [3.8, 4) is 22.8 Å². The van der Waals surface area contributed by atoms with E-state index >= 15 is 0 Å². The van der Waals surface area contributed by atoms with Crippen LogP contribution in [0.1, 0.15) is 37.7 Å². The highest BCUT2D eigenvalue weighted by molar-refractivity contribution is 5.94. The number of esters is 1. The number of nitrogens with one attached hydrogen (secondary N) is 1. The van der Waals surface area contributed by atoms with Crippen LogP contribution in [0.15, 0.2) is 18.2 Å². The fourth-order valence-corrected chi connectivity index (χ4v) is 2.11. The number of aromatic nitrogens is 3. The molecule has 1 aromatic carbocycles. The largest absolute Gasteiger partial charge is 0.493 e. The Labute approximate surface area is 141 Å². The maximum Gasteiger partial charge on any atom is 0.361 e. The Bertz CT molecular complexity index is 682. The summed E-state index contributed by atoms with van der Waals surface area (Å²) in [7, 11) is 1.57. The Balaban J connectivity index is 2.24. The number of ether oxygens (including phenoxy) is 3. The van der Waals surface area contributed by atoms with Crippen LogP contribution in [0.5, 0.6) is 11.5 Å². The number of hydrogen-bond acceptors (Lipinski definition) is 6. The average molecular weight is 333 g/mol. The van der Waals surface area contributed by atoms with Gasteiger partial charge in [0.2, 0.25) is 0 Å². The van der Waals surface area contributed by atoms with Crippen molar-refractivity contribution >= 4 is 5.97 Å². The van der Waals surface area contributed by atoms with Crippen molar-refractivity contribution in [1.82, 2.24) is 15.4 Å². The lowest BCUT2D eigenvalue weighted by atomic mass is 10.1. The smallest absolute Gasteiger partial charge is 0.361 e. The van der Waals surface area contributed by atoms with E-state index in [9.17, 15) is 4.79 Å². The van der Waals surface area contributed by atoms with Gasteiger partial charge in [-0.05, 0) is 37.5 Å². The van der Waals surface area contributed by atoms with Crippen molar-refractivity contribution in [2.24, 2.45) is 5.92 Å². The van der Waals surface area contributed by atoms with Gasteiger partial charge in [0.05, 0.1) is 20.3 Å². The molecular formula is C17H23N3O4. The summed E-state index contributed by atoms with van der Waals surface area (Å²) in [6.07, 6.45) is 0.960. The molecule has 0 aliphatic heterocycles. The summed E-state index contributed by atoms with van der Waals surface area (Å²) in [6, 6.07) is 5.39. The van der Waals surface area contributed by atoms with Gasteiger partial charge in [-0.25, -0.2) is 4.79 Å². The first-order valence-corrected chi connectivity index (χ1v) is 7.95. The maximum absolute atomic E-state index is 11.9. The van der Waals surface area contributed by atoms with E-state index in [2.05, 4.69) is 29.3 Å². The number of carbonyl (C=O) groups is 1. The number of nitrogens with zero attached hydrogens (tertiary/aromatic N) is 2. The molecule has 0 saturated carbocycles. The van der Waals surface area contributed by atoms with Gasteiger partial charge in [0.15, 0.2) is 17.2 Å². The number of hydrogen-bond donors (Lipinski definition) is 1. The zero-order valence-electron chi connectivity index (χ0n) is 14.5. The van der Waals surface area contributed by atoms with Crippen LogP contribution in [0.4, 0.5) is 0 Å². The Morgan fingerprint density at radius 2 is 2.04 bits per heavy atom.